The lowest BCUT2D eigenvalue weighted by Gasteiger charge is -2.28. The molecule has 1 rings (SSSR count). The van der Waals surface area contributed by atoms with Gasteiger partial charge in [0.2, 0.25) is 0 Å². The summed E-state index contributed by atoms with van der Waals surface area (Å²) in [6, 6.07) is 0. The molecule has 0 radical (unpaired) electrons. The Morgan fingerprint density at radius 1 is 0.955 bits per heavy atom. The van der Waals surface area contributed by atoms with Gasteiger partial charge < -0.3 is 5.10 Å². The Morgan fingerprint density at radius 3 is 1.91 bits per heavy atom. The van der Waals surface area contributed by atoms with Gasteiger partial charge in [0.1, 0.15) is 0 Å². The highest BCUT2D eigenvalue weighted by Gasteiger charge is 2.29. The van der Waals surface area contributed by atoms with Crippen molar-refractivity contribution in [3.8, 4) is 0 Å². The second kappa shape index (κ2) is 9.91. The lowest BCUT2D eigenvalue weighted by atomic mass is 9.75. The molecule has 128 valence electrons. The molecular weight excluding hydrogens is 272 g/mol. The lowest BCUT2D eigenvalue weighted by Crippen LogP contribution is -2.30. The second-order valence-corrected chi connectivity index (χ2v) is 7.09. The summed E-state index contributed by atoms with van der Waals surface area (Å²) in [6.45, 7) is 6.79. The largest absolute Gasteiger partial charge is 0.303 e. The van der Waals surface area contributed by atoms with Crippen LogP contribution in [0.1, 0.15) is 97.0 Å². The number of rotatable bonds is 12. The molecule has 0 bridgehead atoms. The number of aromatic nitrogens is 2. The van der Waals surface area contributed by atoms with Gasteiger partial charge in [0.05, 0.1) is 0 Å². The van der Waals surface area contributed by atoms with Crippen LogP contribution >= 0.6 is 0 Å². The third-order valence-electron chi connectivity index (χ3n) is 5.00. The first kappa shape index (κ1) is 19.1. The fraction of sp³-hybridized carbons (Fsp3) is 0.842. The van der Waals surface area contributed by atoms with Crippen LogP contribution in [0.25, 0.3) is 0 Å². The molecule has 1 heterocycles. The van der Waals surface area contributed by atoms with Gasteiger partial charge in [-0.05, 0) is 18.3 Å². The van der Waals surface area contributed by atoms with Gasteiger partial charge in [-0.2, -0.15) is 0 Å². The van der Waals surface area contributed by atoms with Gasteiger partial charge in [0.15, 0.2) is 0 Å². The Morgan fingerprint density at radius 2 is 1.45 bits per heavy atom. The zero-order valence-corrected chi connectivity index (χ0v) is 15.2. The minimum atomic E-state index is 0.0365. The van der Waals surface area contributed by atoms with Gasteiger partial charge in [0, 0.05) is 18.8 Å². The Hall–Kier alpha value is -0.990. The van der Waals surface area contributed by atoms with Crippen molar-refractivity contribution in [2.75, 3.05) is 0 Å². The Labute approximate surface area is 136 Å². The summed E-state index contributed by atoms with van der Waals surface area (Å²) >= 11 is 0. The Bertz CT molecular complexity index is 460. The molecule has 22 heavy (non-hydrogen) atoms. The Kier molecular flexibility index (Phi) is 8.59. The second-order valence-electron chi connectivity index (χ2n) is 7.09. The summed E-state index contributed by atoms with van der Waals surface area (Å²) in [5, 5.41) is 3.06. The van der Waals surface area contributed by atoms with Gasteiger partial charge in [-0.15, -0.1) is 0 Å². The van der Waals surface area contributed by atoms with Crippen LogP contribution in [0.3, 0.4) is 0 Å². The first-order chi connectivity index (χ1) is 10.5. The molecule has 3 nitrogen and oxygen atoms in total. The number of hydrogen-bond acceptors (Lipinski definition) is 1. The molecule has 0 aliphatic rings. The van der Waals surface area contributed by atoms with E-state index in [1.807, 2.05) is 13.2 Å². The maximum atomic E-state index is 12.4. The molecule has 0 aliphatic heterocycles. The van der Waals surface area contributed by atoms with Crippen LogP contribution in [-0.2, 0) is 12.5 Å². The topological polar surface area (TPSA) is 37.8 Å². The highest BCUT2D eigenvalue weighted by atomic mass is 16.1. The molecule has 1 N–H and O–H groups in total. The van der Waals surface area contributed by atoms with E-state index in [0.717, 1.165) is 18.4 Å². The van der Waals surface area contributed by atoms with Crippen LogP contribution in [0, 0.1) is 0 Å². The third-order valence-corrected chi connectivity index (χ3v) is 5.00. The first-order valence-electron chi connectivity index (χ1n) is 9.30. The summed E-state index contributed by atoms with van der Waals surface area (Å²) in [7, 11) is 1.81. The summed E-state index contributed by atoms with van der Waals surface area (Å²) < 4.78 is 1.61. The molecule has 0 aromatic carbocycles. The minimum absolute atomic E-state index is 0.0365. The third kappa shape index (κ3) is 5.66. The van der Waals surface area contributed by atoms with Crippen molar-refractivity contribution >= 4 is 0 Å². The lowest BCUT2D eigenvalue weighted by molar-refractivity contribution is 0.361. The van der Waals surface area contributed by atoms with Crippen LogP contribution in [0.4, 0.5) is 0 Å². The fourth-order valence-corrected chi connectivity index (χ4v) is 3.35. The predicted molar refractivity (Wildman–Crippen MR) is 95.5 cm³/mol. The van der Waals surface area contributed by atoms with Crippen molar-refractivity contribution in [3.05, 3.63) is 22.1 Å². The van der Waals surface area contributed by atoms with E-state index in [9.17, 15) is 4.79 Å². The highest BCUT2D eigenvalue weighted by molar-refractivity contribution is 5.18. The van der Waals surface area contributed by atoms with Crippen molar-refractivity contribution in [3.63, 3.8) is 0 Å². The van der Waals surface area contributed by atoms with E-state index in [1.54, 1.807) is 4.68 Å². The van der Waals surface area contributed by atoms with E-state index < -0.39 is 0 Å². The van der Waals surface area contributed by atoms with E-state index in [2.05, 4.69) is 25.9 Å². The normalized spacial score (nSPS) is 14.2. The molecule has 0 spiro atoms. The summed E-state index contributed by atoms with van der Waals surface area (Å²) in [6.07, 6.45) is 15.8. The standard InChI is InChI=1S/C19H36N2O/c1-5-7-9-11-13-15-19(3,14-12-10-8-6-2)17-16-20-21(4)18(17)22/h16,20H,5-15H2,1-4H3. The van der Waals surface area contributed by atoms with Crippen LogP contribution < -0.4 is 5.56 Å². The van der Waals surface area contributed by atoms with Crippen molar-refractivity contribution in [2.45, 2.75) is 96.8 Å². The van der Waals surface area contributed by atoms with E-state index in [1.165, 1.54) is 57.8 Å². The quantitative estimate of drug-likeness (QED) is 0.523. The number of hydrogen-bond donors (Lipinski definition) is 1. The van der Waals surface area contributed by atoms with E-state index >= 15 is 0 Å². The van der Waals surface area contributed by atoms with Crippen LogP contribution in [-0.4, -0.2) is 9.78 Å². The molecule has 1 unspecified atom stereocenters. The summed E-state index contributed by atoms with van der Waals surface area (Å²) in [5.41, 5.74) is 1.18. The smallest absolute Gasteiger partial charge is 0.269 e. The molecule has 3 heteroatoms. The monoisotopic (exact) mass is 308 g/mol. The molecule has 0 saturated carbocycles. The van der Waals surface area contributed by atoms with Crippen molar-refractivity contribution in [1.82, 2.24) is 9.78 Å². The van der Waals surface area contributed by atoms with Crippen molar-refractivity contribution in [2.24, 2.45) is 7.05 Å². The SMILES string of the molecule is CCCCCCCC(C)(CCCCCC)c1c[nH]n(C)c1=O. The number of aryl methyl sites for hydroxylation is 1. The number of nitrogens with one attached hydrogen (secondary N) is 1. The molecule has 1 aromatic rings. The van der Waals surface area contributed by atoms with Crippen LogP contribution in [0.5, 0.6) is 0 Å². The molecule has 0 saturated heterocycles. The van der Waals surface area contributed by atoms with Crippen molar-refractivity contribution < 1.29 is 0 Å². The first-order valence-corrected chi connectivity index (χ1v) is 9.30. The Balaban J connectivity index is 2.67. The van der Waals surface area contributed by atoms with Crippen LogP contribution in [0.2, 0.25) is 0 Å². The van der Waals surface area contributed by atoms with Crippen LogP contribution in [0.15, 0.2) is 11.0 Å². The maximum absolute atomic E-state index is 12.4. The summed E-state index contributed by atoms with van der Waals surface area (Å²) in [4.78, 5) is 12.4. The molecule has 1 atom stereocenters. The average molecular weight is 309 g/mol. The zero-order chi connectivity index (χ0) is 16.4. The maximum Gasteiger partial charge on any atom is 0.269 e. The van der Waals surface area contributed by atoms with Gasteiger partial charge >= 0.3 is 0 Å². The molecule has 0 aliphatic carbocycles. The number of aromatic amines is 1. The number of nitrogens with zero attached hydrogens (tertiary/aromatic N) is 1. The molecular formula is C19H36N2O. The average Bonchev–Trinajstić information content (AvgIpc) is 2.84. The fourth-order valence-electron chi connectivity index (χ4n) is 3.35. The predicted octanol–water partition coefficient (Wildman–Crippen LogP) is 5.30. The van der Waals surface area contributed by atoms with Gasteiger partial charge in [-0.1, -0.05) is 78.6 Å². The van der Waals surface area contributed by atoms with E-state index in [-0.39, 0.29) is 11.0 Å². The molecule has 0 fully saturated rings. The minimum Gasteiger partial charge on any atom is -0.303 e. The number of unbranched alkanes of at least 4 members (excludes halogenated alkanes) is 7. The van der Waals surface area contributed by atoms with Gasteiger partial charge in [-0.3, -0.25) is 9.48 Å². The van der Waals surface area contributed by atoms with Crippen molar-refractivity contribution in [1.29, 1.82) is 0 Å². The van der Waals surface area contributed by atoms with E-state index in [4.69, 9.17) is 0 Å². The zero-order valence-electron chi connectivity index (χ0n) is 15.2. The number of H-pyrrole nitrogens is 1. The summed E-state index contributed by atoms with van der Waals surface area (Å²) in [5.74, 6) is 0. The highest BCUT2D eigenvalue weighted by Crippen LogP contribution is 2.33. The van der Waals surface area contributed by atoms with Gasteiger partial charge in [-0.25, -0.2) is 0 Å². The molecule has 0 amide bonds. The van der Waals surface area contributed by atoms with Gasteiger partial charge in [0.25, 0.3) is 5.56 Å². The van der Waals surface area contributed by atoms with E-state index in [0.29, 0.717) is 0 Å². The molecule has 1 aromatic heterocycles.